The highest BCUT2D eigenvalue weighted by molar-refractivity contribution is 4.92. The van der Waals surface area contributed by atoms with E-state index in [4.69, 9.17) is 0 Å². The van der Waals surface area contributed by atoms with Gasteiger partial charge < -0.3 is 9.88 Å². The monoisotopic (exact) mass is 235 g/mol. The molecular weight excluding hydrogens is 210 g/mol. The van der Waals surface area contributed by atoms with Gasteiger partial charge in [0, 0.05) is 38.4 Å². The molecular formula is C14H25N3. The average Bonchev–Trinajstić information content (AvgIpc) is 2.67. The van der Waals surface area contributed by atoms with Crippen LogP contribution in [0.5, 0.6) is 0 Å². The molecule has 1 saturated carbocycles. The van der Waals surface area contributed by atoms with E-state index in [9.17, 15) is 0 Å². The number of imidazole rings is 1. The number of aromatic nitrogens is 2. The third-order valence-corrected chi connectivity index (χ3v) is 4.04. The van der Waals surface area contributed by atoms with Crippen LogP contribution in [0.1, 0.15) is 45.4 Å². The molecule has 1 aromatic rings. The summed E-state index contributed by atoms with van der Waals surface area (Å²) in [5, 5.41) is 3.67. The summed E-state index contributed by atoms with van der Waals surface area (Å²) in [7, 11) is 2.06. The van der Waals surface area contributed by atoms with Gasteiger partial charge in [-0.1, -0.05) is 13.8 Å². The summed E-state index contributed by atoms with van der Waals surface area (Å²) in [5.74, 6) is 1.17. The minimum atomic E-state index is 0.567. The topological polar surface area (TPSA) is 29.9 Å². The molecule has 3 nitrogen and oxygen atoms in total. The third kappa shape index (κ3) is 3.56. The molecule has 0 amide bonds. The van der Waals surface area contributed by atoms with Gasteiger partial charge in [-0.25, -0.2) is 4.98 Å². The number of hydrogen-bond donors (Lipinski definition) is 1. The van der Waals surface area contributed by atoms with Crippen LogP contribution in [0.3, 0.4) is 0 Å². The summed E-state index contributed by atoms with van der Waals surface area (Å²) in [6, 6.07) is 0.725. The first-order valence-electron chi connectivity index (χ1n) is 6.76. The molecule has 0 spiro atoms. The Morgan fingerprint density at radius 1 is 1.41 bits per heavy atom. The third-order valence-electron chi connectivity index (χ3n) is 4.04. The van der Waals surface area contributed by atoms with Gasteiger partial charge in [0.05, 0.1) is 0 Å². The molecule has 0 aromatic carbocycles. The molecule has 1 N–H and O–H groups in total. The summed E-state index contributed by atoms with van der Waals surface area (Å²) >= 11 is 0. The van der Waals surface area contributed by atoms with Crippen molar-refractivity contribution in [1.29, 1.82) is 0 Å². The van der Waals surface area contributed by atoms with Crippen molar-refractivity contribution in [2.45, 2.75) is 52.0 Å². The van der Waals surface area contributed by atoms with Crippen LogP contribution in [-0.4, -0.2) is 22.1 Å². The lowest BCUT2D eigenvalue weighted by atomic mass is 9.75. The van der Waals surface area contributed by atoms with Crippen LogP contribution in [0, 0.1) is 5.41 Å². The standard InChI is InChI=1S/C14H25N3/c1-14(2)7-4-12(5-8-14)15-9-6-13-16-10-11-17(13)3/h10-12,15H,4-9H2,1-3H3. The Morgan fingerprint density at radius 2 is 2.12 bits per heavy atom. The lowest BCUT2D eigenvalue weighted by molar-refractivity contribution is 0.207. The highest BCUT2D eigenvalue weighted by atomic mass is 15.0. The van der Waals surface area contributed by atoms with Gasteiger partial charge in [-0.3, -0.25) is 0 Å². The Balaban J connectivity index is 1.68. The van der Waals surface area contributed by atoms with Crippen molar-refractivity contribution in [2.75, 3.05) is 6.54 Å². The first-order valence-corrected chi connectivity index (χ1v) is 6.76. The van der Waals surface area contributed by atoms with E-state index in [2.05, 4.69) is 35.8 Å². The Bertz CT molecular complexity index is 344. The van der Waals surface area contributed by atoms with Gasteiger partial charge >= 0.3 is 0 Å². The van der Waals surface area contributed by atoms with Crippen LogP contribution < -0.4 is 5.32 Å². The molecule has 0 radical (unpaired) electrons. The summed E-state index contributed by atoms with van der Waals surface area (Å²) < 4.78 is 2.10. The number of aryl methyl sites for hydroxylation is 1. The summed E-state index contributed by atoms with van der Waals surface area (Å²) in [6.45, 7) is 5.82. The van der Waals surface area contributed by atoms with E-state index < -0.39 is 0 Å². The van der Waals surface area contributed by atoms with E-state index in [0.29, 0.717) is 5.41 Å². The quantitative estimate of drug-likeness (QED) is 0.869. The Kier molecular flexibility index (Phi) is 3.87. The van der Waals surface area contributed by atoms with Crippen LogP contribution in [0.25, 0.3) is 0 Å². The molecule has 0 aliphatic heterocycles. The number of nitrogens with one attached hydrogen (secondary N) is 1. The lowest BCUT2D eigenvalue weighted by Crippen LogP contribution is -2.36. The van der Waals surface area contributed by atoms with Crippen molar-refractivity contribution in [3.05, 3.63) is 18.2 Å². The molecule has 17 heavy (non-hydrogen) atoms. The largest absolute Gasteiger partial charge is 0.338 e. The molecule has 96 valence electrons. The van der Waals surface area contributed by atoms with Crippen molar-refractivity contribution in [3.8, 4) is 0 Å². The smallest absolute Gasteiger partial charge is 0.109 e. The second-order valence-corrected chi connectivity index (χ2v) is 6.10. The molecule has 0 atom stereocenters. The molecule has 0 saturated heterocycles. The average molecular weight is 235 g/mol. The van der Waals surface area contributed by atoms with Gasteiger partial charge in [-0.05, 0) is 31.1 Å². The Morgan fingerprint density at radius 3 is 2.71 bits per heavy atom. The molecule has 1 fully saturated rings. The van der Waals surface area contributed by atoms with Crippen molar-refractivity contribution in [2.24, 2.45) is 12.5 Å². The highest BCUT2D eigenvalue weighted by Gasteiger charge is 2.26. The van der Waals surface area contributed by atoms with E-state index in [1.807, 2.05) is 12.4 Å². The van der Waals surface area contributed by atoms with E-state index in [1.165, 1.54) is 31.5 Å². The number of rotatable bonds is 4. The Labute approximate surface area is 105 Å². The maximum Gasteiger partial charge on any atom is 0.109 e. The summed E-state index contributed by atoms with van der Waals surface area (Å²) in [6.07, 6.45) is 10.3. The van der Waals surface area contributed by atoms with Gasteiger partial charge in [-0.2, -0.15) is 0 Å². The molecule has 1 aromatic heterocycles. The van der Waals surface area contributed by atoms with Gasteiger partial charge in [-0.15, -0.1) is 0 Å². The molecule has 2 rings (SSSR count). The summed E-state index contributed by atoms with van der Waals surface area (Å²) in [5.41, 5.74) is 0.567. The van der Waals surface area contributed by atoms with E-state index in [0.717, 1.165) is 19.0 Å². The second-order valence-electron chi connectivity index (χ2n) is 6.10. The molecule has 3 heteroatoms. The van der Waals surface area contributed by atoms with Crippen molar-refractivity contribution in [3.63, 3.8) is 0 Å². The highest BCUT2D eigenvalue weighted by Crippen LogP contribution is 2.34. The molecule has 1 heterocycles. The Hall–Kier alpha value is -0.830. The van der Waals surface area contributed by atoms with Gasteiger partial charge in [0.25, 0.3) is 0 Å². The zero-order chi connectivity index (χ0) is 12.3. The first kappa shape index (κ1) is 12.6. The van der Waals surface area contributed by atoms with Crippen molar-refractivity contribution >= 4 is 0 Å². The predicted octanol–water partition coefficient (Wildman–Crippen LogP) is 2.52. The van der Waals surface area contributed by atoms with Crippen LogP contribution >= 0.6 is 0 Å². The van der Waals surface area contributed by atoms with Gasteiger partial charge in [0.1, 0.15) is 5.82 Å². The van der Waals surface area contributed by atoms with Crippen LogP contribution in [0.4, 0.5) is 0 Å². The fraction of sp³-hybridized carbons (Fsp3) is 0.786. The van der Waals surface area contributed by atoms with Gasteiger partial charge in [0.15, 0.2) is 0 Å². The maximum absolute atomic E-state index is 4.34. The zero-order valence-electron chi connectivity index (χ0n) is 11.4. The SMILES string of the molecule is Cn1ccnc1CCNC1CCC(C)(C)CC1. The van der Waals surface area contributed by atoms with Crippen molar-refractivity contribution < 1.29 is 0 Å². The predicted molar refractivity (Wildman–Crippen MR) is 71.0 cm³/mol. The van der Waals surface area contributed by atoms with Crippen LogP contribution in [0.15, 0.2) is 12.4 Å². The van der Waals surface area contributed by atoms with Crippen LogP contribution in [0.2, 0.25) is 0 Å². The van der Waals surface area contributed by atoms with E-state index in [1.54, 1.807) is 0 Å². The molecule has 1 aliphatic rings. The first-order chi connectivity index (χ1) is 8.07. The van der Waals surface area contributed by atoms with E-state index in [-0.39, 0.29) is 0 Å². The minimum absolute atomic E-state index is 0.567. The zero-order valence-corrected chi connectivity index (χ0v) is 11.4. The van der Waals surface area contributed by atoms with Gasteiger partial charge in [0.2, 0.25) is 0 Å². The minimum Gasteiger partial charge on any atom is -0.338 e. The van der Waals surface area contributed by atoms with Crippen molar-refractivity contribution in [1.82, 2.24) is 14.9 Å². The van der Waals surface area contributed by atoms with E-state index >= 15 is 0 Å². The molecule has 1 aliphatic carbocycles. The fourth-order valence-electron chi connectivity index (χ4n) is 2.63. The maximum atomic E-state index is 4.34. The number of nitrogens with zero attached hydrogens (tertiary/aromatic N) is 2. The lowest BCUT2D eigenvalue weighted by Gasteiger charge is -2.34. The van der Waals surface area contributed by atoms with Crippen LogP contribution in [-0.2, 0) is 13.5 Å². The molecule has 0 unspecified atom stereocenters. The molecule has 0 bridgehead atoms. The second kappa shape index (κ2) is 5.21. The normalized spacial score (nSPS) is 20.6. The summed E-state index contributed by atoms with van der Waals surface area (Å²) in [4.78, 5) is 4.34. The number of hydrogen-bond acceptors (Lipinski definition) is 2. The fourth-order valence-corrected chi connectivity index (χ4v) is 2.63.